The van der Waals surface area contributed by atoms with E-state index < -0.39 is 17.9 Å². The van der Waals surface area contributed by atoms with E-state index in [1.54, 1.807) is 0 Å². The van der Waals surface area contributed by atoms with Crippen molar-refractivity contribution in [1.29, 1.82) is 0 Å². The highest BCUT2D eigenvalue weighted by Crippen LogP contribution is 2.36. The standard InChI is InChI=1S/C29H36N6O3S/c1-17-9-8-12-22(18(17)2)35(29(38)26-23(30)24(27(31)36)33-39-26)25(19-13-15-21(16-14-19)34(3)4)28(37)32-20-10-6-5-7-11-20/h8-9,12-16,20,25H,5-7,10-11,30H2,1-4H3,(H2,31,36)(H,32,37)/t25-/m1/s1. The summed E-state index contributed by atoms with van der Waals surface area (Å²) in [6.45, 7) is 3.87. The molecule has 0 aliphatic heterocycles. The molecule has 2 aromatic carbocycles. The lowest BCUT2D eigenvalue weighted by atomic mass is 9.94. The predicted molar refractivity (Wildman–Crippen MR) is 156 cm³/mol. The van der Waals surface area contributed by atoms with Crippen molar-refractivity contribution in [3.63, 3.8) is 0 Å². The first-order valence-electron chi connectivity index (χ1n) is 13.1. The molecule has 0 unspecified atom stereocenters. The molecule has 1 fully saturated rings. The van der Waals surface area contributed by atoms with E-state index in [1.807, 2.05) is 75.3 Å². The molecule has 1 heterocycles. The Kier molecular flexibility index (Phi) is 8.54. The zero-order valence-electron chi connectivity index (χ0n) is 22.9. The molecule has 0 bridgehead atoms. The van der Waals surface area contributed by atoms with E-state index in [4.69, 9.17) is 11.5 Å². The fourth-order valence-electron chi connectivity index (χ4n) is 5.00. The number of nitrogens with one attached hydrogen (secondary N) is 1. The molecule has 206 valence electrons. The monoisotopic (exact) mass is 548 g/mol. The van der Waals surface area contributed by atoms with Crippen LogP contribution >= 0.6 is 11.5 Å². The first-order chi connectivity index (χ1) is 18.6. The van der Waals surface area contributed by atoms with E-state index in [9.17, 15) is 14.4 Å². The maximum Gasteiger partial charge on any atom is 0.273 e. The zero-order valence-corrected chi connectivity index (χ0v) is 23.7. The van der Waals surface area contributed by atoms with E-state index in [0.29, 0.717) is 11.3 Å². The summed E-state index contributed by atoms with van der Waals surface area (Å²) in [5, 5.41) is 3.22. The highest BCUT2D eigenvalue weighted by atomic mass is 32.1. The molecule has 1 aliphatic rings. The van der Waals surface area contributed by atoms with E-state index in [0.717, 1.165) is 60.5 Å². The van der Waals surface area contributed by atoms with Gasteiger partial charge in [0, 0.05) is 31.5 Å². The molecular formula is C29H36N6O3S. The van der Waals surface area contributed by atoms with Crippen molar-refractivity contribution in [2.75, 3.05) is 29.6 Å². The Hall–Kier alpha value is -3.92. The van der Waals surface area contributed by atoms with Crippen molar-refractivity contribution in [3.05, 3.63) is 69.7 Å². The average Bonchev–Trinajstić information content (AvgIpc) is 3.31. The van der Waals surface area contributed by atoms with Crippen LogP contribution in [0, 0.1) is 13.8 Å². The van der Waals surface area contributed by atoms with Gasteiger partial charge in [0.25, 0.3) is 11.8 Å². The van der Waals surface area contributed by atoms with Crippen LogP contribution < -0.4 is 26.6 Å². The quantitative estimate of drug-likeness (QED) is 0.383. The van der Waals surface area contributed by atoms with Crippen LogP contribution in [0.1, 0.15) is 75.0 Å². The van der Waals surface area contributed by atoms with Crippen molar-refractivity contribution < 1.29 is 14.4 Å². The van der Waals surface area contributed by atoms with Gasteiger partial charge in [-0.15, -0.1) is 0 Å². The third kappa shape index (κ3) is 5.90. The van der Waals surface area contributed by atoms with Gasteiger partial charge in [-0.1, -0.05) is 43.5 Å². The summed E-state index contributed by atoms with van der Waals surface area (Å²) in [5.74, 6) is -1.61. The zero-order chi connectivity index (χ0) is 28.3. The largest absolute Gasteiger partial charge is 0.395 e. The van der Waals surface area contributed by atoms with Crippen LogP contribution in [0.4, 0.5) is 17.1 Å². The Bertz CT molecular complexity index is 1360. The normalized spacial score (nSPS) is 14.5. The van der Waals surface area contributed by atoms with Gasteiger partial charge in [0.05, 0.1) is 5.69 Å². The molecule has 0 spiro atoms. The van der Waals surface area contributed by atoms with Crippen LogP contribution in [0.2, 0.25) is 0 Å². The fraction of sp³-hybridized carbons (Fsp3) is 0.379. The summed E-state index contributed by atoms with van der Waals surface area (Å²) < 4.78 is 4.04. The lowest BCUT2D eigenvalue weighted by Crippen LogP contribution is -2.47. The van der Waals surface area contributed by atoms with E-state index in [2.05, 4.69) is 9.69 Å². The number of nitrogen functional groups attached to an aromatic ring is 1. The second kappa shape index (κ2) is 11.9. The van der Waals surface area contributed by atoms with E-state index in [1.165, 1.54) is 4.90 Å². The number of carbonyl (C=O) groups excluding carboxylic acids is 3. The lowest BCUT2D eigenvalue weighted by Gasteiger charge is -2.34. The first kappa shape index (κ1) is 28.1. The van der Waals surface area contributed by atoms with Gasteiger partial charge in [0.2, 0.25) is 5.91 Å². The van der Waals surface area contributed by atoms with Gasteiger partial charge in [-0.2, -0.15) is 4.37 Å². The van der Waals surface area contributed by atoms with Gasteiger partial charge in [0.15, 0.2) is 5.69 Å². The Morgan fingerprint density at radius 2 is 1.69 bits per heavy atom. The molecule has 1 saturated carbocycles. The van der Waals surface area contributed by atoms with E-state index in [-0.39, 0.29) is 28.2 Å². The minimum absolute atomic E-state index is 0.0419. The van der Waals surface area contributed by atoms with E-state index >= 15 is 0 Å². The topological polar surface area (TPSA) is 135 Å². The summed E-state index contributed by atoms with van der Waals surface area (Å²) in [7, 11) is 3.88. The van der Waals surface area contributed by atoms with Crippen LogP contribution in [-0.4, -0.2) is 42.2 Å². The third-order valence-corrected chi connectivity index (χ3v) is 8.24. The predicted octanol–water partition coefficient (Wildman–Crippen LogP) is 4.34. The SMILES string of the molecule is Cc1cccc(N(C(=O)c2snc(C(N)=O)c2N)[C@@H](C(=O)NC2CCCCC2)c2ccc(N(C)C)cc2)c1C. The molecule has 3 aromatic rings. The molecule has 1 aliphatic carbocycles. The number of primary amides is 1. The molecule has 3 amide bonds. The number of aromatic nitrogens is 1. The van der Waals surface area contributed by atoms with Crippen molar-refractivity contribution in [1.82, 2.24) is 9.69 Å². The van der Waals surface area contributed by atoms with Gasteiger partial charge < -0.3 is 21.7 Å². The number of rotatable bonds is 8. The van der Waals surface area contributed by atoms with Gasteiger partial charge >= 0.3 is 0 Å². The summed E-state index contributed by atoms with van der Waals surface area (Å²) >= 11 is 0.807. The molecule has 9 nitrogen and oxygen atoms in total. The smallest absolute Gasteiger partial charge is 0.273 e. The summed E-state index contributed by atoms with van der Waals surface area (Å²) in [6, 6.07) is 12.3. The summed E-state index contributed by atoms with van der Waals surface area (Å²) in [5.41, 5.74) is 15.4. The maximum absolute atomic E-state index is 14.3. The minimum Gasteiger partial charge on any atom is -0.395 e. The highest BCUT2D eigenvalue weighted by Gasteiger charge is 2.37. The maximum atomic E-state index is 14.3. The van der Waals surface area contributed by atoms with Crippen LogP contribution in [0.25, 0.3) is 0 Å². The summed E-state index contributed by atoms with van der Waals surface area (Å²) in [6.07, 6.45) is 5.07. The van der Waals surface area contributed by atoms with Gasteiger partial charge in [-0.3, -0.25) is 19.3 Å². The molecular weight excluding hydrogens is 512 g/mol. The Morgan fingerprint density at radius 3 is 2.28 bits per heavy atom. The minimum atomic E-state index is -0.991. The number of hydrogen-bond acceptors (Lipinski definition) is 7. The Labute approximate surface area is 233 Å². The first-order valence-corrected chi connectivity index (χ1v) is 13.9. The van der Waals surface area contributed by atoms with Crippen molar-refractivity contribution in [2.45, 2.75) is 58.0 Å². The number of nitrogens with two attached hydrogens (primary N) is 2. The van der Waals surface area contributed by atoms with Gasteiger partial charge in [-0.25, -0.2) is 0 Å². The molecule has 39 heavy (non-hydrogen) atoms. The number of amides is 3. The lowest BCUT2D eigenvalue weighted by molar-refractivity contribution is -0.123. The molecule has 1 aromatic heterocycles. The Balaban J connectivity index is 1.88. The fourth-order valence-corrected chi connectivity index (χ4v) is 5.74. The van der Waals surface area contributed by atoms with Crippen LogP contribution in [0.5, 0.6) is 0 Å². The molecule has 1 atom stereocenters. The average molecular weight is 549 g/mol. The third-order valence-electron chi connectivity index (χ3n) is 7.39. The van der Waals surface area contributed by atoms with Crippen molar-refractivity contribution >= 4 is 46.3 Å². The molecule has 5 N–H and O–H groups in total. The second-order valence-corrected chi connectivity index (χ2v) is 11.0. The van der Waals surface area contributed by atoms with Gasteiger partial charge in [0.1, 0.15) is 10.9 Å². The number of nitrogens with zero attached hydrogens (tertiary/aromatic N) is 3. The molecule has 0 saturated heterocycles. The van der Waals surface area contributed by atoms with Crippen molar-refractivity contribution in [3.8, 4) is 0 Å². The van der Waals surface area contributed by atoms with Crippen LogP contribution in [0.15, 0.2) is 42.5 Å². The Morgan fingerprint density at radius 1 is 1.03 bits per heavy atom. The van der Waals surface area contributed by atoms with Crippen LogP contribution in [-0.2, 0) is 4.79 Å². The number of anilines is 3. The number of carbonyl (C=O) groups is 3. The van der Waals surface area contributed by atoms with Crippen LogP contribution in [0.3, 0.4) is 0 Å². The number of benzene rings is 2. The summed E-state index contributed by atoms with van der Waals surface area (Å²) in [4.78, 5) is 43.8. The number of aryl methyl sites for hydroxylation is 1. The molecule has 10 heteroatoms. The second-order valence-electron chi connectivity index (χ2n) is 10.3. The molecule has 4 rings (SSSR count). The highest BCUT2D eigenvalue weighted by molar-refractivity contribution is 7.09. The van der Waals surface area contributed by atoms with Crippen molar-refractivity contribution in [2.24, 2.45) is 5.73 Å². The van der Waals surface area contributed by atoms with Gasteiger partial charge in [-0.05, 0) is 73.1 Å². The molecule has 0 radical (unpaired) electrons. The number of hydrogen-bond donors (Lipinski definition) is 3.